The molecule has 0 aliphatic heterocycles. The number of nitrogens with one attached hydrogen (secondary N) is 1. The number of aromatic amines is 1. The van der Waals surface area contributed by atoms with Crippen LogP contribution in [0.15, 0.2) is 26.6 Å². The number of hydrogen-bond donors (Lipinski definition) is 1. The van der Waals surface area contributed by atoms with Crippen LogP contribution in [0.1, 0.15) is 25.8 Å². The maximum absolute atomic E-state index is 12.2. The van der Waals surface area contributed by atoms with Gasteiger partial charge in [-0.1, -0.05) is 18.7 Å². The summed E-state index contributed by atoms with van der Waals surface area (Å²) in [6.45, 7) is 4.93. The maximum atomic E-state index is 12.2. The Hall–Kier alpha value is -1.98. The fourth-order valence-electron chi connectivity index (χ4n) is 2.16. The predicted molar refractivity (Wildman–Crippen MR) is 101 cm³/mol. The zero-order valence-corrected chi connectivity index (χ0v) is 16.6. The number of H-pyrrole nitrogens is 1. The number of rotatable bonds is 7. The molecule has 0 saturated carbocycles. The van der Waals surface area contributed by atoms with Crippen molar-refractivity contribution < 1.29 is 9.47 Å². The second-order valence-electron chi connectivity index (χ2n) is 4.97. The smallest absolute Gasteiger partial charge is 0.270 e. The molecule has 0 aliphatic carbocycles. The van der Waals surface area contributed by atoms with Gasteiger partial charge in [-0.2, -0.15) is 5.26 Å². The molecule has 0 spiro atoms. The lowest BCUT2D eigenvalue weighted by Crippen LogP contribution is -2.14. The van der Waals surface area contributed by atoms with Gasteiger partial charge in [0.15, 0.2) is 16.7 Å². The third-order valence-electron chi connectivity index (χ3n) is 3.25. The summed E-state index contributed by atoms with van der Waals surface area (Å²) in [6, 6.07) is 5.45. The number of nitrogens with zero attached hydrogens (tertiary/aromatic N) is 2. The van der Waals surface area contributed by atoms with E-state index in [2.05, 4.69) is 25.9 Å². The summed E-state index contributed by atoms with van der Waals surface area (Å²) >= 11 is 4.79. The van der Waals surface area contributed by atoms with E-state index in [1.807, 2.05) is 19.9 Å². The zero-order chi connectivity index (χ0) is 18.4. The monoisotopic (exact) mass is 423 g/mol. The first kappa shape index (κ1) is 19.3. The molecule has 0 bridgehead atoms. The van der Waals surface area contributed by atoms with E-state index in [0.717, 1.165) is 6.42 Å². The average molecular weight is 424 g/mol. The van der Waals surface area contributed by atoms with Crippen LogP contribution in [-0.4, -0.2) is 29.4 Å². The lowest BCUT2D eigenvalue weighted by atomic mass is 10.1. The molecule has 1 N–H and O–H groups in total. The number of nitriles is 1. The highest BCUT2D eigenvalue weighted by Gasteiger charge is 2.19. The molecule has 2 aromatic rings. The fraction of sp³-hybridized carbons (Fsp3) is 0.353. The molecule has 1 aromatic heterocycles. The van der Waals surface area contributed by atoms with Crippen LogP contribution in [0.4, 0.5) is 0 Å². The van der Waals surface area contributed by atoms with Crippen LogP contribution in [0.2, 0.25) is 0 Å². The van der Waals surface area contributed by atoms with Crippen LogP contribution in [0.5, 0.6) is 11.5 Å². The van der Waals surface area contributed by atoms with Crippen LogP contribution in [0, 0.1) is 11.3 Å². The lowest BCUT2D eigenvalue weighted by Gasteiger charge is -2.15. The summed E-state index contributed by atoms with van der Waals surface area (Å²) in [5, 5.41) is 9.81. The minimum Gasteiger partial charge on any atom is -0.490 e. The second kappa shape index (κ2) is 8.92. The van der Waals surface area contributed by atoms with Gasteiger partial charge in [0.05, 0.1) is 18.9 Å². The predicted octanol–water partition coefficient (Wildman–Crippen LogP) is 3.98. The van der Waals surface area contributed by atoms with E-state index in [-0.39, 0.29) is 5.56 Å². The maximum Gasteiger partial charge on any atom is 0.270 e. The van der Waals surface area contributed by atoms with Crippen molar-refractivity contribution in [3.63, 3.8) is 0 Å². The van der Waals surface area contributed by atoms with E-state index in [1.54, 1.807) is 18.4 Å². The Morgan fingerprint density at radius 2 is 2.04 bits per heavy atom. The molecule has 0 amide bonds. The van der Waals surface area contributed by atoms with Crippen molar-refractivity contribution in [2.75, 3.05) is 19.5 Å². The van der Waals surface area contributed by atoms with E-state index in [9.17, 15) is 10.1 Å². The minimum absolute atomic E-state index is 0.0387. The Morgan fingerprint density at radius 3 is 2.64 bits per heavy atom. The molecule has 2 rings (SSSR count). The molecule has 25 heavy (non-hydrogen) atoms. The van der Waals surface area contributed by atoms with Crippen molar-refractivity contribution in [1.29, 1.82) is 5.26 Å². The van der Waals surface area contributed by atoms with E-state index in [1.165, 1.54) is 11.8 Å². The van der Waals surface area contributed by atoms with Crippen molar-refractivity contribution in [3.8, 4) is 28.8 Å². The first-order valence-corrected chi connectivity index (χ1v) is 9.75. The highest BCUT2D eigenvalue weighted by Crippen LogP contribution is 2.39. The summed E-state index contributed by atoms with van der Waals surface area (Å²) in [5.41, 5.74) is 0.409. The quantitative estimate of drug-likeness (QED) is 0.534. The SMILES string of the molecule is CCCOc1cc(Br)c(-c2nc(SC)[nH]c(=O)c2C#N)cc1OCC. The molecule has 6 nitrogen and oxygen atoms in total. The van der Waals surface area contributed by atoms with Gasteiger partial charge in [0, 0.05) is 10.0 Å². The van der Waals surface area contributed by atoms with Gasteiger partial charge in [-0.25, -0.2) is 4.98 Å². The van der Waals surface area contributed by atoms with Crippen LogP contribution in [0.3, 0.4) is 0 Å². The van der Waals surface area contributed by atoms with Crippen molar-refractivity contribution in [1.82, 2.24) is 9.97 Å². The van der Waals surface area contributed by atoms with Gasteiger partial charge in [-0.15, -0.1) is 0 Å². The standard InChI is InChI=1S/C17H18BrN3O3S/c1-4-6-24-14-8-12(18)10(7-13(14)23-5-2)15-11(9-19)16(22)21-17(20-15)25-3/h7-8H,4-6H2,1-3H3,(H,20,21,22). The number of thioether (sulfide) groups is 1. The van der Waals surface area contributed by atoms with Crippen molar-refractivity contribution in [2.45, 2.75) is 25.4 Å². The van der Waals surface area contributed by atoms with Gasteiger partial charge >= 0.3 is 0 Å². The Kier molecular flexibility index (Phi) is 6.91. The van der Waals surface area contributed by atoms with Gasteiger partial charge in [0.2, 0.25) is 0 Å². The molecule has 8 heteroatoms. The Labute approximate surface area is 158 Å². The van der Waals surface area contributed by atoms with E-state index < -0.39 is 5.56 Å². The topological polar surface area (TPSA) is 88.0 Å². The molecule has 0 saturated heterocycles. The lowest BCUT2D eigenvalue weighted by molar-refractivity contribution is 0.277. The third kappa shape index (κ3) is 4.35. The van der Waals surface area contributed by atoms with Crippen molar-refractivity contribution in [2.24, 2.45) is 0 Å². The zero-order valence-electron chi connectivity index (χ0n) is 14.2. The summed E-state index contributed by atoms with van der Waals surface area (Å²) in [6.07, 6.45) is 2.67. The summed E-state index contributed by atoms with van der Waals surface area (Å²) < 4.78 is 12.1. The molecule has 1 heterocycles. The summed E-state index contributed by atoms with van der Waals surface area (Å²) in [4.78, 5) is 19.1. The van der Waals surface area contributed by atoms with Crippen molar-refractivity contribution in [3.05, 3.63) is 32.5 Å². The molecule has 0 radical (unpaired) electrons. The molecule has 0 fully saturated rings. The molecule has 0 unspecified atom stereocenters. The number of halogens is 1. The molecule has 0 atom stereocenters. The van der Waals surface area contributed by atoms with Gasteiger partial charge in [-0.05, 0) is 47.7 Å². The molecular weight excluding hydrogens is 406 g/mol. The number of ether oxygens (including phenoxy) is 2. The summed E-state index contributed by atoms with van der Waals surface area (Å²) in [5.74, 6) is 1.15. The van der Waals surface area contributed by atoms with Gasteiger partial charge in [0.25, 0.3) is 5.56 Å². The first-order valence-electron chi connectivity index (χ1n) is 7.73. The summed E-state index contributed by atoms with van der Waals surface area (Å²) in [7, 11) is 0. The molecule has 132 valence electrons. The minimum atomic E-state index is -0.465. The van der Waals surface area contributed by atoms with Gasteiger partial charge in [0.1, 0.15) is 11.6 Å². The Morgan fingerprint density at radius 1 is 1.32 bits per heavy atom. The normalized spacial score (nSPS) is 10.4. The number of hydrogen-bond acceptors (Lipinski definition) is 6. The fourth-order valence-corrected chi connectivity index (χ4v) is 3.05. The van der Waals surface area contributed by atoms with Crippen LogP contribution < -0.4 is 15.0 Å². The number of aromatic nitrogens is 2. The Balaban J connectivity index is 2.67. The van der Waals surface area contributed by atoms with Crippen LogP contribution in [-0.2, 0) is 0 Å². The number of benzene rings is 1. The average Bonchev–Trinajstić information content (AvgIpc) is 2.61. The van der Waals surface area contributed by atoms with Gasteiger partial charge < -0.3 is 14.5 Å². The van der Waals surface area contributed by atoms with E-state index in [4.69, 9.17) is 9.47 Å². The van der Waals surface area contributed by atoms with E-state index >= 15 is 0 Å². The van der Waals surface area contributed by atoms with Crippen LogP contribution >= 0.6 is 27.7 Å². The molecule has 1 aromatic carbocycles. The third-order valence-corrected chi connectivity index (χ3v) is 4.49. The van der Waals surface area contributed by atoms with Crippen molar-refractivity contribution >= 4 is 27.7 Å². The second-order valence-corrected chi connectivity index (χ2v) is 6.62. The molecule has 0 aliphatic rings. The highest BCUT2D eigenvalue weighted by molar-refractivity contribution is 9.10. The Bertz CT molecular complexity index is 861. The first-order chi connectivity index (χ1) is 12.0. The largest absolute Gasteiger partial charge is 0.490 e. The molecular formula is C17H18BrN3O3S. The van der Waals surface area contributed by atoms with E-state index in [0.29, 0.717) is 45.6 Å². The highest BCUT2D eigenvalue weighted by atomic mass is 79.9. The van der Waals surface area contributed by atoms with Gasteiger partial charge in [-0.3, -0.25) is 4.79 Å². The van der Waals surface area contributed by atoms with Crippen LogP contribution in [0.25, 0.3) is 11.3 Å².